The third-order valence-corrected chi connectivity index (χ3v) is 3.92. The zero-order chi connectivity index (χ0) is 19.6. The number of carbonyl (C=O) groups excluding carboxylic acids is 1. The molecule has 138 valence electrons. The Morgan fingerprint density at radius 3 is 2.52 bits per heavy atom. The first kappa shape index (κ1) is 18.1. The van der Waals surface area contributed by atoms with Gasteiger partial charge in [0.1, 0.15) is 17.0 Å². The molecule has 1 amide bonds. The fraction of sp³-hybridized carbons (Fsp3) is 0.158. The predicted octanol–water partition coefficient (Wildman–Crippen LogP) is 3.42. The first-order chi connectivity index (χ1) is 12.9. The summed E-state index contributed by atoms with van der Waals surface area (Å²) in [5.41, 5.74) is -1.00. The molecule has 0 bridgehead atoms. The number of carbonyl (C=O) groups is 1. The van der Waals surface area contributed by atoms with Crippen molar-refractivity contribution in [2.75, 3.05) is 5.32 Å². The molecular weight excluding hydrogens is 352 g/mol. The fourth-order valence-electron chi connectivity index (χ4n) is 2.53. The molecule has 0 saturated heterocycles. The van der Waals surface area contributed by atoms with Crippen molar-refractivity contribution in [3.63, 3.8) is 0 Å². The van der Waals surface area contributed by atoms with Crippen molar-refractivity contribution in [2.45, 2.75) is 20.0 Å². The summed E-state index contributed by atoms with van der Waals surface area (Å²) >= 11 is 0. The molecule has 1 unspecified atom stereocenters. The van der Waals surface area contributed by atoms with Crippen molar-refractivity contribution in [1.29, 1.82) is 0 Å². The highest BCUT2D eigenvalue weighted by Crippen LogP contribution is 2.30. The Hall–Kier alpha value is -3.68. The van der Waals surface area contributed by atoms with Gasteiger partial charge in [0.2, 0.25) is 0 Å². The van der Waals surface area contributed by atoms with Crippen LogP contribution in [0.2, 0.25) is 0 Å². The van der Waals surface area contributed by atoms with E-state index in [4.69, 9.17) is 9.15 Å². The molecule has 0 aliphatic rings. The van der Waals surface area contributed by atoms with E-state index in [0.29, 0.717) is 5.75 Å². The van der Waals surface area contributed by atoms with Gasteiger partial charge in [-0.2, -0.15) is 0 Å². The summed E-state index contributed by atoms with van der Waals surface area (Å²) in [6.45, 7) is 3.43. The van der Waals surface area contributed by atoms with Crippen LogP contribution in [-0.2, 0) is 4.79 Å². The molecule has 0 aliphatic carbocycles. The second-order valence-corrected chi connectivity index (χ2v) is 5.93. The minimum atomic E-state index is -1.14. The number of nitro groups is 1. The monoisotopic (exact) mass is 368 g/mol. The van der Waals surface area contributed by atoms with Gasteiger partial charge in [-0.15, -0.1) is 0 Å². The minimum absolute atomic E-state index is 0.135. The summed E-state index contributed by atoms with van der Waals surface area (Å²) in [4.78, 5) is 34.9. The molecular formula is C19H16N2O6. The van der Waals surface area contributed by atoms with Crippen LogP contribution in [0.3, 0.4) is 0 Å². The van der Waals surface area contributed by atoms with E-state index < -0.39 is 28.2 Å². The van der Waals surface area contributed by atoms with Crippen molar-refractivity contribution >= 4 is 28.3 Å². The van der Waals surface area contributed by atoms with Crippen LogP contribution in [-0.4, -0.2) is 16.9 Å². The Kier molecular flexibility index (Phi) is 4.89. The number of ether oxygens (including phenoxy) is 1. The Labute approximate surface area is 153 Å². The van der Waals surface area contributed by atoms with E-state index in [1.54, 1.807) is 24.3 Å². The maximum absolute atomic E-state index is 12.5. The second-order valence-electron chi connectivity index (χ2n) is 5.93. The van der Waals surface area contributed by atoms with E-state index in [-0.39, 0.29) is 16.7 Å². The van der Waals surface area contributed by atoms with Gasteiger partial charge < -0.3 is 14.5 Å². The van der Waals surface area contributed by atoms with E-state index in [0.717, 1.165) is 5.56 Å². The lowest BCUT2D eigenvalue weighted by Gasteiger charge is -2.15. The Bertz CT molecular complexity index is 1070. The molecule has 1 heterocycles. The molecule has 3 rings (SSSR count). The molecule has 8 nitrogen and oxygen atoms in total. The number of nitrogens with one attached hydrogen (secondary N) is 1. The number of hydrogen-bond acceptors (Lipinski definition) is 6. The van der Waals surface area contributed by atoms with Crippen molar-refractivity contribution in [1.82, 2.24) is 0 Å². The summed E-state index contributed by atoms with van der Waals surface area (Å²) in [6.07, 6.45) is -0.946. The molecule has 1 N–H and O–H groups in total. The number of anilines is 1. The fourth-order valence-corrected chi connectivity index (χ4v) is 2.53. The molecule has 0 aliphatic heterocycles. The van der Waals surface area contributed by atoms with Gasteiger partial charge in [0.25, 0.3) is 5.91 Å². The number of aryl methyl sites for hydroxylation is 1. The number of fused-ring (bicyclic) bond motifs is 1. The van der Waals surface area contributed by atoms with Crippen LogP contribution in [0.4, 0.5) is 11.4 Å². The van der Waals surface area contributed by atoms with Gasteiger partial charge in [-0.25, -0.2) is 4.79 Å². The molecule has 0 spiro atoms. The number of benzene rings is 2. The highest BCUT2D eigenvalue weighted by molar-refractivity contribution is 6.05. The van der Waals surface area contributed by atoms with Crippen molar-refractivity contribution in [2.24, 2.45) is 0 Å². The summed E-state index contributed by atoms with van der Waals surface area (Å²) < 4.78 is 10.5. The molecule has 0 radical (unpaired) electrons. The maximum atomic E-state index is 12.5. The normalized spacial score (nSPS) is 11.8. The summed E-state index contributed by atoms with van der Waals surface area (Å²) in [7, 11) is 0. The van der Waals surface area contributed by atoms with E-state index in [1.807, 2.05) is 19.1 Å². The molecule has 1 aromatic heterocycles. The molecule has 0 fully saturated rings. The summed E-state index contributed by atoms with van der Waals surface area (Å²) in [6, 6.07) is 13.3. The quantitative estimate of drug-likeness (QED) is 0.419. The summed E-state index contributed by atoms with van der Waals surface area (Å²) in [5, 5.41) is 14.0. The third-order valence-electron chi connectivity index (χ3n) is 3.92. The first-order valence-electron chi connectivity index (χ1n) is 8.11. The number of amides is 1. The van der Waals surface area contributed by atoms with Gasteiger partial charge in [0, 0.05) is 5.39 Å². The van der Waals surface area contributed by atoms with Gasteiger partial charge in [0.15, 0.2) is 6.10 Å². The van der Waals surface area contributed by atoms with Gasteiger partial charge in [-0.1, -0.05) is 29.8 Å². The van der Waals surface area contributed by atoms with E-state index in [1.165, 1.54) is 19.1 Å². The van der Waals surface area contributed by atoms with Crippen LogP contribution in [0, 0.1) is 17.0 Å². The maximum Gasteiger partial charge on any atom is 0.417 e. The van der Waals surface area contributed by atoms with Crippen LogP contribution in [0.5, 0.6) is 5.75 Å². The van der Waals surface area contributed by atoms with Crippen molar-refractivity contribution < 1.29 is 18.9 Å². The van der Waals surface area contributed by atoms with Crippen LogP contribution in [0.1, 0.15) is 12.5 Å². The van der Waals surface area contributed by atoms with Crippen LogP contribution in [0.25, 0.3) is 11.0 Å². The number of rotatable bonds is 5. The number of hydrogen-bond donors (Lipinski definition) is 1. The topological polar surface area (TPSA) is 112 Å². The SMILES string of the molecule is Cc1ccc(OC(C)C(=O)Nc2c([N+](=O)[O-])c(=O)oc3ccccc23)cc1. The van der Waals surface area contributed by atoms with Crippen molar-refractivity contribution in [3.05, 3.63) is 74.6 Å². The zero-order valence-electron chi connectivity index (χ0n) is 14.6. The highest BCUT2D eigenvalue weighted by atomic mass is 16.6. The Balaban J connectivity index is 1.94. The smallest absolute Gasteiger partial charge is 0.417 e. The number of para-hydroxylation sites is 1. The highest BCUT2D eigenvalue weighted by Gasteiger charge is 2.27. The molecule has 2 aromatic carbocycles. The largest absolute Gasteiger partial charge is 0.481 e. The van der Waals surface area contributed by atoms with E-state index >= 15 is 0 Å². The first-order valence-corrected chi connectivity index (χ1v) is 8.11. The molecule has 0 saturated carbocycles. The van der Waals surface area contributed by atoms with Gasteiger partial charge in [-0.05, 0) is 38.1 Å². The predicted molar refractivity (Wildman–Crippen MR) is 99.0 cm³/mol. The lowest BCUT2D eigenvalue weighted by atomic mass is 10.1. The molecule has 8 heteroatoms. The van der Waals surface area contributed by atoms with Crippen molar-refractivity contribution in [3.8, 4) is 5.75 Å². The summed E-state index contributed by atoms with van der Waals surface area (Å²) in [5.74, 6) is -0.149. The zero-order valence-corrected chi connectivity index (χ0v) is 14.6. The average Bonchev–Trinajstić information content (AvgIpc) is 2.63. The molecule has 27 heavy (non-hydrogen) atoms. The third kappa shape index (κ3) is 3.79. The Morgan fingerprint density at radius 2 is 1.85 bits per heavy atom. The van der Waals surface area contributed by atoms with E-state index in [2.05, 4.69) is 5.32 Å². The van der Waals surface area contributed by atoms with Gasteiger partial charge >= 0.3 is 11.3 Å². The molecule has 1 atom stereocenters. The minimum Gasteiger partial charge on any atom is -0.481 e. The van der Waals surface area contributed by atoms with Crippen LogP contribution < -0.4 is 15.7 Å². The lowest BCUT2D eigenvalue weighted by molar-refractivity contribution is -0.386. The average molecular weight is 368 g/mol. The van der Waals surface area contributed by atoms with Gasteiger partial charge in [0.05, 0.1) is 4.92 Å². The Morgan fingerprint density at radius 1 is 1.19 bits per heavy atom. The lowest BCUT2D eigenvalue weighted by Crippen LogP contribution is -2.31. The standard InChI is InChI=1S/C19H16N2O6/c1-11-7-9-13(10-8-11)26-12(2)18(22)20-16-14-5-3-4-6-15(14)27-19(23)17(16)21(24)25/h3-10,12H,1-2H3,(H,20,22). The molecule has 3 aromatic rings. The van der Waals surface area contributed by atoms with E-state index in [9.17, 15) is 19.7 Å². The van der Waals surface area contributed by atoms with Gasteiger partial charge in [-0.3, -0.25) is 14.9 Å². The van der Waals surface area contributed by atoms with Crippen LogP contribution in [0.15, 0.2) is 57.7 Å². The number of nitrogens with zero attached hydrogens (tertiary/aromatic N) is 1. The van der Waals surface area contributed by atoms with Crippen LogP contribution >= 0.6 is 0 Å². The second kappa shape index (κ2) is 7.28.